The first-order valence-electron chi connectivity index (χ1n) is 11.4. The quantitative estimate of drug-likeness (QED) is 0.338. The predicted octanol–water partition coefficient (Wildman–Crippen LogP) is 2.06. The Kier molecular flexibility index (Phi) is 10.9. The number of imide groups is 1. The Morgan fingerprint density at radius 1 is 1.00 bits per heavy atom. The third-order valence-corrected chi connectivity index (χ3v) is 5.72. The maximum absolute atomic E-state index is 12.4. The summed E-state index contributed by atoms with van der Waals surface area (Å²) in [6.07, 6.45) is 2.52. The molecule has 0 aliphatic carbocycles. The number of unbranched alkanes of at least 4 members (excludes halogenated alkanes) is 2. The van der Waals surface area contributed by atoms with Gasteiger partial charge in [0.1, 0.15) is 6.04 Å². The average molecular weight is 438 g/mol. The van der Waals surface area contributed by atoms with Crippen molar-refractivity contribution in [1.82, 2.24) is 15.5 Å². The van der Waals surface area contributed by atoms with E-state index >= 15 is 0 Å². The molecule has 8 nitrogen and oxygen atoms in total. The van der Waals surface area contributed by atoms with Crippen LogP contribution in [-0.2, 0) is 24.0 Å². The number of amides is 4. The fourth-order valence-electron chi connectivity index (χ4n) is 3.47. The summed E-state index contributed by atoms with van der Waals surface area (Å²) < 4.78 is 0. The fourth-order valence-corrected chi connectivity index (χ4v) is 3.47. The SMILES string of the molecule is CC(C)C(=O)CNC(=O)C(NC(=O)CCCCCN1C(=O)CC(C(C)C)C1=O)C(C)C. The molecule has 0 spiro atoms. The van der Waals surface area contributed by atoms with Crippen molar-refractivity contribution < 1.29 is 24.0 Å². The highest BCUT2D eigenvalue weighted by Crippen LogP contribution is 2.26. The lowest BCUT2D eigenvalue weighted by atomic mass is 9.94. The molecule has 1 fully saturated rings. The van der Waals surface area contributed by atoms with E-state index in [1.54, 1.807) is 13.8 Å². The molecule has 0 aromatic rings. The van der Waals surface area contributed by atoms with Gasteiger partial charge in [0.25, 0.3) is 0 Å². The number of rotatable bonds is 13. The molecule has 0 saturated carbocycles. The Bertz CT molecular complexity index is 672. The number of carbonyl (C=O) groups is 5. The van der Waals surface area contributed by atoms with Gasteiger partial charge < -0.3 is 10.6 Å². The van der Waals surface area contributed by atoms with Crippen LogP contribution in [0.4, 0.5) is 0 Å². The molecule has 8 heteroatoms. The van der Waals surface area contributed by atoms with Gasteiger partial charge in [0.2, 0.25) is 23.6 Å². The highest BCUT2D eigenvalue weighted by Gasteiger charge is 2.39. The van der Waals surface area contributed by atoms with Crippen molar-refractivity contribution in [2.45, 2.75) is 79.7 Å². The van der Waals surface area contributed by atoms with Crippen LogP contribution in [0.25, 0.3) is 0 Å². The third-order valence-electron chi connectivity index (χ3n) is 5.72. The largest absolute Gasteiger partial charge is 0.347 e. The van der Waals surface area contributed by atoms with Crippen molar-refractivity contribution in [1.29, 1.82) is 0 Å². The van der Waals surface area contributed by atoms with E-state index in [1.807, 2.05) is 27.7 Å². The molecular weight excluding hydrogens is 398 g/mol. The highest BCUT2D eigenvalue weighted by atomic mass is 16.2. The van der Waals surface area contributed by atoms with E-state index in [0.717, 1.165) is 0 Å². The van der Waals surface area contributed by atoms with E-state index in [2.05, 4.69) is 10.6 Å². The fraction of sp³-hybridized carbons (Fsp3) is 0.783. The van der Waals surface area contributed by atoms with Crippen LogP contribution in [0.5, 0.6) is 0 Å². The van der Waals surface area contributed by atoms with Crippen molar-refractivity contribution in [2.24, 2.45) is 23.7 Å². The van der Waals surface area contributed by atoms with Crippen LogP contribution in [0.15, 0.2) is 0 Å². The molecule has 1 heterocycles. The summed E-state index contributed by atoms with van der Waals surface area (Å²) >= 11 is 0. The van der Waals surface area contributed by atoms with Crippen molar-refractivity contribution in [3.63, 3.8) is 0 Å². The zero-order valence-electron chi connectivity index (χ0n) is 19.8. The standard InChI is InChI=1S/C23H39N3O5/c1-14(2)17-12-20(29)26(23(17)31)11-9-7-8-10-19(28)25-21(16(5)6)22(30)24-13-18(27)15(3)4/h14-17,21H,7-13H2,1-6H3,(H,24,30)(H,25,28). The normalized spacial score (nSPS) is 17.6. The molecule has 0 aromatic carbocycles. The van der Waals surface area contributed by atoms with E-state index in [9.17, 15) is 24.0 Å². The van der Waals surface area contributed by atoms with Crippen LogP contribution in [0.2, 0.25) is 0 Å². The summed E-state index contributed by atoms with van der Waals surface area (Å²) in [6, 6.07) is -0.694. The third kappa shape index (κ3) is 8.42. The van der Waals surface area contributed by atoms with Crippen LogP contribution >= 0.6 is 0 Å². The Hall–Kier alpha value is -2.25. The minimum atomic E-state index is -0.694. The Morgan fingerprint density at radius 3 is 2.16 bits per heavy atom. The van der Waals surface area contributed by atoms with E-state index < -0.39 is 6.04 Å². The van der Waals surface area contributed by atoms with Gasteiger partial charge in [0.15, 0.2) is 5.78 Å². The Labute approximate surface area is 185 Å². The number of nitrogens with zero attached hydrogens (tertiary/aromatic N) is 1. The number of carbonyl (C=O) groups excluding carboxylic acids is 5. The second kappa shape index (κ2) is 12.6. The monoisotopic (exact) mass is 437 g/mol. The molecule has 4 amide bonds. The smallest absolute Gasteiger partial charge is 0.243 e. The lowest BCUT2D eigenvalue weighted by Crippen LogP contribution is -2.50. The molecule has 1 rings (SSSR count). The molecule has 0 radical (unpaired) electrons. The Morgan fingerprint density at radius 2 is 1.65 bits per heavy atom. The zero-order chi connectivity index (χ0) is 23.7. The first-order valence-corrected chi connectivity index (χ1v) is 11.4. The lowest BCUT2D eigenvalue weighted by molar-refractivity contribution is -0.140. The summed E-state index contributed by atoms with van der Waals surface area (Å²) in [6.45, 7) is 11.5. The van der Waals surface area contributed by atoms with Gasteiger partial charge in [-0.2, -0.15) is 0 Å². The maximum atomic E-state index is 12.4. The number of ketones is 1. The summed E-state index contributed by atoms with van der Waals surface area (Å²) in [7, 11) is 0. The topological polar surface area (TPSA) is 113 Å². The number of Topliss-reactive ketones (excluding diaryl/α,β-unsaturated/α-hetero) is 1. The van der Waals surface area contributed by atoms with Gasteiger partial charge in [0.05, 0.1) is 6.54 Å². The van der Waals surface area contributed by atoms with Crippen molar-refractivity contribution in [3.05, 3.63) is 0 Å². The summed E-state index contributed by atoms with van der Waals surface area (Å²) in [4.78, 5) is 62.0. The van der Waals surface area contributed by atoms with Crippen molar-refractivity contribution >= 4 is 29.4 Å². The molecule has 1 saturated heterocycles. The minimum absolute atomic E-state index is 0.0405. The van der Waals surface area contributed by atoms with E-state index in [-0.39, 0.29) is 66.0 Å². The van der Waals surface area contributed by atoms with Crippen LogP contribution < -0.4 is 10.6 Å². The number of nitrogens with one attached hydrogen (secondary N) is 2. The average Bonchev–Trinajstić information content (AvgIpc) is 2.97. The van der Waals surface area contributed by atoms with E-state index in [0.29, 0.717) is 32.2 Å². The number of hydrogen-bond donors (Lipinski definition) is 2. The zero-order valence-corrected chi connectivity index (χ0v) is 19.8. The van der Waals surface area contributed by atoms with E-state index in [4.69, 9.17) is 0 Å². The second-order valence-electron chi connectivity index (χ2n) is 9.38. The number of likely N-dealkylation sites (tertiary alicyclic amines) is 1. The van der Waals surface area contributed by atoms with Gasteiger partial charge in [0, 0.05) is 31.2 Å². The highest BCUT2D eigenvalue weighted by molar-refractivity contribution is 6.03. The first-order chi connectivity index (χ1) is 14.5. The molecule has 2 N–H and O–H groups in total. The molecular formula is C23H39N3O5. The van der Waals surface area contributed by atoms with Crippen LogP contribution in [0.3, 0.4) is 0 Å². The predicted molar refractivity (Wildman–Crippen MR) is 118 cm³/mol. The van der Waals surface area contributed by atoms with Crippen molar-refractivity contribution in [2.75, 3.05) is 13.1 Å². The van der Waals surface area contributed by atoms with Gasteiger partial charge in [-0.15, -0.1) is 0 Å². The van der Waals surface area contributed by atoms with Crippen molar-refractivity contribution in [3.8, 4) is 0 Å². The molecule has 176 valence electrons. The lowest BCUT2D eigenvalue weighted by Gasteiger charge is -2.22. The van der Waals surface area contributed by atoms with E-state index in [1.165, 1.54) is 4.90 Å². The first kappa shape index (κ1) is 26.8. The molecule has 1 aliphatic rings. The Balaban J connectivity index is 2.36. The molecule has 0 bridgehead atoms. The van der Waals surface area contributed by atoms with Gasteiger partial charge in [-0.1, -0.05) is 48.0 Å². The summed E-state index contributed by atoms with van der Waals surface area (Å²) in [5.41, 5.74) is 0. The van der Waals surface area contributed by atoms with Crippen LogP contribution in [0, 0.1) is 23.7 Å². The maximum Gasteiger partial charge on any atom is 0.243 e. The molecule has 2 atom stereocenters. The van der Waals surface area contributed by atoms with Gasteiger partial charge in [-0.25, -0.2) is 0 Å². The van der Waals surface area contributed by atoms with Crippen LogP contribution in [0.1, 0.15) is 73.6 Å². The van der Waals surface area contributed by atoms with Gasteiger partial charge in [-0.3, -0.25) is 28.9 Å². The minimum Gasteiger partial charge on any atom is -0.347 e. The summed E-state index contributed by atoms with van der Waals surface area (Å²) in [5.74, 6) is -1.16. The summed E-state index contributed by atoms with van der Waals surface area (Å²) in [5, 5.41) is 5.36. The van der Waals surface area contributed by atoms with Gasteiger partial charge >= 0.3 is 0 Å². The number of hydrogen-bond acceptors (Lipinski definition) is 5. The molecule has 2 unspecified atom stereocenters. The second-order valence-corrected chi connectivity index (χ2v) is 9.38. The molecule has 0 aromatic heterocycles. The van der Waals surface area contributed by atoms with Gasteiger partial charge in [-0.05, 0) is 24.7 Å². The van der Waals surface area contributed by atoms with Crippen LogP contribution in [-0.4, -0.2) is 53.4 Å². The molecule has 1 aliphatic heterocycles. The molecule has 31 heavy (non-hydrogen) atoms.